The van der Waals surface area contributed by atoms with Crippen LogP contribution in [0.2, 0.25) is 0 Å². The average Bonchev–Trinajstić information content (AvgIpc) is 3.49. The van der Waals surface area contributed by atoms with Crippen molar-refractivity contribution in [3.05, 3.63) is 23.3 Å². The Kier molecular flexibility index (Phi) is 26.2. The fourth-order valence-electron chi connectivity index (χ4n) is 10.6. The third kappa shape index (κ3) is 17.2. The number of aliphatic hydroxyl groups excluding tert-OH is 9. The second-order valence-electron chi connectivity index (χ2n) is 22.3. The van der Waals surface area contributed by atoms with Crippen molar-refractivity contribution in [1.82, 2.24) is 0 Å². The minimum absolute atomic E-state index is 0.121. The van der Waals surface area contributed by atoms with Gasteiger partial charge in [0.1, 0.15) is 67.1 Å². The molecule has 0 radical (unpaired) electrons. The smallest absolute Gasteiger partial charge is 0.333 e. The molecule has 0 spiro atoms. The largest absolute Gasteiger partial charge is 0.456 e. The van der Waals surface area contributed by atoms with Gasteiger partial charge in [0, 0.05) is 17.6 Å². The van der Waals surface area contributed by atoms with E-state index in [9.17, 15) is 60.3 Å². The number of carbonyl (C=O) groups excluding carboxylic acids is 3. The van der Waals surface area contributed by atoms with Gasteiger partial charge >= 0.3 is 17.9 Å². The van der Waals surface area contributed by atoms with Gasteiger partial charge < -0.3 is 108 Å². The maximum absolute atomic E-state index is 14.1. The van der Waals surface area contributed by atoms with E-state index in [1.54, 1.807) is 20.8 Å². The van der Waals surface area contributed by atoms with Crippen LogP contribution in [0.5, 0.6) is 0 Å². The first kappa shape index (κ1) is 67.3. The second-order valence-corrected chi connectivity index (χ2v) is 22.3. The summed E-state index contributed by atoms with van der Waals surface area (Å²) in [5, 5.41) is 102. The summed E-state index contributed by atoms with van der Waals surface area (Å²) in [5.74, 6) is -2.58. The van der Waals surface area contributed by atoms with E-state index in [1.807, 2.05) is 0 Å². The molecule has 6 heterocycles. The second kappa shape index (κ2) is 31.5. The Morgan fingerprint density at radius 1 is 0.519 bits per heavy atom. The van der Waals surface area contributed by atoms with Crippen LogP contribution in [0.4, 0.5) is 0 Å². The molecule has 0 aliphatic carbocycles. The van der Waals surface area contributed by atoms with E-state index >= 15 is 0 Å². The molecular formula is C56H92O25. The van der Waals surface area contributed by atoms with E-state index in [1.165, 1.54) is 46.8 Å². The Morgan fingerprint density at radius 2 is 1.06 bits per heavy atom. The fraction of sp³-hybridized carbons (Fsp3) is 0.875. The number of esters is 3. The lowest BCUT2D eigenvalue weighted by molar-refractivity contribution is -0.398. The van der Waals surface area contributed by atoms with Crippen molar-refractivity contribution in [2.45, 2.75) is 305 Å². The molecule has 0 aromatic heterocycles. The van der Waals surface area contributed by atoms with Gasteiger partial charge in [-0.2, -0.15) is 0 Å². The van der Waals surface area contributed by atoms with Gasteiger partial charge in [0.15, 0.2) is 62.0 Å². The van der Waals surface area contributed by atoms with Crippen molar-refractivity contribution in [2.24, 2.45) is 0 Å². The number of carbonyl (C=O) groups is 3. The van der Waals surface area contributed by atoms with Gasteiger partial charge in [-0.05, 0) is 74.7 Å². The van der Waals surface area contributed by atoms with Crippen molar-refractivity contribution in [1.29, 1.82) is 0 Å². The summed E-state index contributed by atoms with van der Waals surface area (Å²) in [5.41, 5.74) is 0.268. The van der Waals surface area contributed by atoms with Gasteiger partial charge in [-0.1, -0.05) is 76.9 Å². The minimum atomic E-state index is -1.96. The summed E-state index contributed by atoms with van der Waals surface area (Å²) in [6.45, 7) is 13.3. The van der Waals surface area contributed by atoms with Gasteiger partial charge in [0.25, 0.3) is 0 Å². The van der Waals surface area contributed by atoms with E-state index in [-0.39, 0.29) is 17.6 Å². The number of allylic oxidation sites excluding steroid dienone is 2. The van der Waals surface area contributed by atoms with E-state index in [0.717, 1.165) is 51.4 Å². The molecule has 6 saturated heterocycles. The Morgan fingerprint density at radius 3 is 1.70 bits per heavy atom. The van der Waals surface area contributed by atoms with Crippen molar-refractivity contribution in [2.75, 3.05) is 6.61 Å². The highest BCUT2D eigenvalue weighted by Crippen LogP contribution is 2.38. The van der Waals surface area contributed by atoms with Gasteiger partial charge in [-0.3, -0.25) is 4.79 Å². The molecule has 26 atom stereocenters. The number of unbranched alkanes of at least 4 members (excludes halogenated alkanes) is 2. The molecule has 6 aliphatic heterocycles. The maximum Gasteiger partial charge on any atom is 0.333 e. The lowest BCUT2D eigenvalue weighted by Crippen LogP contribution is -2.67. The van der Waals surface area contributed by atoms with Gasteiger partial charge in [0.05, 0.1) is 37.1 Å². The maximum atomic E-state index is 14.1. The topological polar surface area (TPSA) is 353 Å². The third-order valence-electron chi connectivity index (χ3n) is 16.2. The lowest BCUT2D eigenvalue weighted by atomic mass is 9.96. The quantitative estimate of drug-likeness (QED) is 0.0482. The van der Waals surface area contributed by atoms with E-state index in [0.29, 0.717) is 25.7 Å². The van der Waals surface area contributed by atoms with Gasteiger partial charge in [-0.15, -0.1) is 0 Å². The number of fused-ring (bicyclic) bond motifs is 3. The number of ether oxygens (including phenoxy) is 13. The first-order valence-electron chi connectivity index (χ1n) is 29.0. The Balaban J connectivity index is 1.44. The van der Waals surface area contributed by atoms with Gasteiger partial charge in [0.2, 0.25) is 0 Å². The zero-order valence-corrected chi connectivity index (χ0v) is 48.1. The summed E-state index contributed by atoms with van der Waals surface area (Å²) in [6.07, 6.45) is -28.7. The number of hydrogen-bond acceptors (Lipinski definition) is 25. The van der Waals surface area contributed by atoms with Crippen molar-refractivity contribution >= 4 is 17.9 Å². The molecule has 9 N–H and O–H groups in total. The predicted octanol–water partition coefficient (Wildman–Crippen LogP) is 1.27. The molecule has 0 aromatic carbocycles. The Hall–Kier alpha value is -2.87. The molecular weight excluding hydrogens is 1070 g/mol. The molecule has 0 saturated carbocycles. The molecule has 25 nitrogen and oxygen atoms in total. The molecule has 25 heteroatoms. The first-order valence-corrected chi connectivity index (χ1v) is 29.0. The molecule has 2 bridgehead atoms. The number of hydrogen-bond donors (Lipinski definition) is 9. The zero-order valence-electron chi connectivity index (χ0n) is 48.1. The molecule has 6 fully saturated rings. The van der Waals surface area contributed by atoms with Crippen LogP contribution < -0.4 is 0 Å². The SMILES string of the molecule is CC=C(C)C(=O)O[C@H]1[C@H](O[C@H]2[C@@H]3O[C@H]4[C@H](O[C@@H](CCCCC)CCCCCCCCCC(=O)O[C@H]2[C@H](O)[C@@H](CO[C@@H]2O[C@H](C)[C@@H](O)[C@H](OC(=O)C(C)=CC)[C@H]2O[C@@H]2O[C@@H](C)[C@H](O)[C@@H](O)[C@H]2O)O3)O[C@H](C)[C@@H](O)[C@@H]4O)O[C@@H](C)[C@H](O)[C@H]1O. The average molecular weight is 1170 g/mol. The number of rotatable bonds is 15. The Bertz CT molecular complexity index is 2030. The molecule has 0 unspecified atom stereocenters. The van der Waals surface area contributed by atoms with E-state index in [4.69, 9.17) is 61.6 Å². The van der Waals surface area contributed by atoms with Crippen molar-refractivity contribution in [3.8, 4) is 0 Å². The standard InChI is InChI=1S/C56H92O25/c1-10-13-19-22-32-23-20-17-15-14-16-18-21-24-34(57)76-45-39(62)33(25-69-53-48(80-52-43(66)40(63)35(58)28(6)70-52)44(38(61)31(9)71-53)77-50(67)26(4)11-2)75-56(79-47-42(65)37(60)29(7)72-54(47)74-32)49(45)81-55-46(78-51(68)27(5)12-3)41(64)36(59)30(8)73-55/h11-12,28-33,35-49,52-56,58-66H,10,13-25H2,1-9H3/t28-,29+,30-,31+,32-,33+,35-,36-,37+,38+,39+,40+,41+,42-,43+,44-,45-,46+,47+,48+,49+,52-,53+,54-,55-,56-/m0/s1. The van der Waals surface area contributed by atoms with Crippen molar-refractivity contribution < 1.29 is 122 Å². The van der Waals surface area contributed by atoms with Gasteiger partial charge in [-0.25, -0.2) is 9.59 Å². The van der Waals surface area contributed by atoms with Crippen LogP contribution in [0.1, 0.15) is 146 Å². The summed E-state index contributed by atoms with van der Waals surface area (Å²) in [6, 6.07) is 0. The molecule has 6 aliphatic rings. The van der Waals surface area contributed by atoms with E-state index < -0.39 is 184 Å². The van der Waals surface area contributed by atoms with E-state index in [2.05, 4.69) is 6.92 Å². The highest BCUT2D eigenvalue weighted by molar-refractivity contribution is 5.88. The van der Waals surface area contributed by atoms with Crippen LogP contribution in [0.3, 0.4) is 0 Å². The number of aliphatic hydroxyl groups is 9. The van der Waals surface area contributed by atoms with Crippen LogP contribution in [-0.2, 0) is 76.0 Å². The molecule has 6 rings (SSSR count). The van der Waals surface area contributed by atoms with Crippen molar-refractivity contribution in [3.63, 3.8) is 0 Å². The molecule has 0 amide bonds. The molecule has 81 heavy (non-hydrogen) atoms. The summed E-state index contributed by atoms with van der Waals surface area (Å²) < 4.78 is 81.0. The zero-order chi connectivity index (χ0) is 59.4. The molecule has 466 valence electrons. The highest BCUT2D eigenvalue weighted by Gasteiger charge is 2.58. The van der Waals surface area contributed by atoms with Crippen LogP contribution in [-0.4, -0.2) is 230 Å². The minimum Gasteiger partial charge on any atom is -0.456 e. The third-order valence-corrected chi connectivity index (χ3v) is 16.2. The van der Waals surface area contributed by atoms with Crippen LogP contribution in [0, 0.1) is 0 Å². The monoisotopic (exact) mass is 1160 g/mol. The first-order chi connectivity index (χ1) is 38.5. The lowest BCUT2D eigenvalue weighted by Gasteiger charge is -2.50. The summed E-state index contributed by atoms with van der Waals surface area (Å²) in [4.78, 5) is 40.8. The molecule has 0 aromatic rings. The summed E-state index contributed by atoms with van der Waals surface area (Å²) >= 11 is 0. The van der Waals surface area contributed by atoms with Crippen LogP contribution >= 0.6 is 0 Å². The highest BCUT2D eigenvalue weighted by atomic mass is 16.8. The van der Waals surface area contributed by atoms with Crippen LogP contribution in [0.25, 0.3) is 0 Å². The normalized spacial score (nSPS) is 43.9. The predicted molar refractivity (Wildman–Crippen MR) is 280 cm³/mol. The fourth-order valence-corrected chi connectivity index (χ4v) is 10.6. The Labute approximate surface area is 474 Å². The van der Waals surface area contributed by atoms with Crippen LogP contribution in [0.15, 0.2) is 23.3 Å². The summed E-state index contributed by atoms with van der Waals surface area (Å²) in [7, 11) is 0.